The lowest BCUT2D eigenvalue weighted by Crippen LogP contribution is -2.28. The molecule has 5 rings (SSSR count). The van der Waals surface area contributed by atoms with E-state index in [1.54, 1.807) is 46.1 Å². The highest BCUT2D eigenvalue weighted by Crippen LogP contribution is 2.36. The van der Waals surface area contributed by atoms with Crippen LogP contribution in [0.4, 0.5) is 0 Å². The molecule has 1 aliphatic heterocycles. The molecule has 0 fully saturated rings. The van der Waals surface area contributed by atoms with Crippen LogP contribution in [-0.2, 0) is 4.79 Å². The lowest BCUT2D eigenvalue weighted by molar-refractivity contribution is -0.130. The van der Waals surface area contributed by atoms with Gasteiger partial charge in [0.05, 0.1) is 27.9 Å². The summed E-state index contributed by atoms with van der Waals surface area (Å²) in [6, 6.07) is 11.7. The number of carbonyl (C=O) groups excluding carboxylic acids is 1. The molecule has 0 radical (unpaired) electrons. The number of rotatable bonds is 6. The van der Waals surface area contributed by atoms with E-state index >= 15 is 0 Å². The molecule has 150 valence electrons. The molecule has 0 bridgehead atoms. The minimum Gasteiger partial charge on any atom is -0.411 e. The normalized spacial score (nSPS) is 16.1. The molecule has 30 heavy (non-hydrogen) atoms. The summed E-state index contributed by atoms with van der Waals surface area (Å²) in [6.07, 6.45) is 4.05. The number of thiophene rings is 2. The zero-order chi connectivity index (χ0) is 20.3. The molecule has 1 amide bonds. The molecule has 7 nitrogen and oxygen atoms in total. The lowest BCUT2D eigenvalue weighted by atomic mass is 10.1. The van der Waals surface area contributed by atoms with Crippen LogP contribution in [0.5, 0.6) is 0 Å². The van der Waals surface area contributed by atoms with Gasteiger partial charge in [0.25, 0.3) is 11.1 Å². The number of hydrazone groups is 1. The Hall–Kier alpha value is -2.82. The smallest absolute Gasteiger partial charge is 0.277 e. The van der Waals surface area contributed by atoms with Crippen LogP contribution in [0.2, 0.25) is 0 Å². The van der Waals surface area contributed by atoms with Crippen LogP contribution >= 0.6 is 34.4 Å². The number of hydrogen-bond donors (Lipinski definition) is 0. The maximum Gasteiger partial charge on any atom is 0.277 e. The number of pyridine rings is 1. The monoisotopic (exact) mass is 453 g/mol. The van der Waals surface area contributed by atoms with E-state index in [1.165, 1.54) is 11.8 Å². The molecule has 0 saturated heterocycles. The second-order valence-corrected chi connectivity index (χ2v) is 9.25. The first-order valence-corrected chi connectivity index (χ1v) is 11.9. The Balaban J connectivity index is 1.31. The third-order valence-electron chi connectivity index (χ3n) is 4.48. The first kappa shape index (κ1) is 19.2. The Labute approximate surface area is 184 Å². The first-order valence-electron chi connectivity index (χ1n) is 9.11. The fourth-order valence-electron chi connectivity index (χ4n) is 3.10. The molecule has 0 saturated carbocycles. The zero-order valence-corrected chi connectivity index (χ0v) is 18.0. The third-order valence-corrected chi connectivity index (χ3v) is 7.17. The van der Waals surface area contributed by atoms with E-state index in [-0.39, 0.29) is 17.7 Å². The van der Waals surface area contributed by atoms with E-state index < -0.39 is 0 Å². The quantitative estimate of drug-likeness (QED) is 0.393. The van der Waals surface area contributed by atoms with Crippen LogP contribution in [-0.4, -0.2) is 37.6 Å². The number of carbonyl (C=O) groups is 1. The Morgan fingerprint density at radius 2 is 2.07 bits per heavy atom. The van der Waals surface area contributed by atoms with Gasteiger partial charge in [0, 0.05) is 23.7 Å². The molecular formula is C20H15N5O2S3. The van der Waals surface area contributed by atoms with Crippen molar-refractivity contribution >= 4 is 46.1 Å². The summed E-state index contributed by atoms with van der Waals surface area (Å²) in [5.41, 5.74) is 1.68. The molecular weight excluding hydrogens is 438 g/mol. The summed E-state index contributed by atoms with van der Waals surface area (Å²) >= 11 is 4.49. The van der Waals surface area contributed by atoms with E-state index in [9.17, 15) is 4.79 Å². The van der Waals surface area contributed by atoms with Gasteiger partial charge in [-0.2, -0.15) is 5.10 Å². The summed E-state index contributed by atoms with van der Waals surface area (Å²) in [6.45, 7) is 0. The number of thioether (sulfide) groups is 1. The van der Waals surface area contributed by atoms with E-state index in [1.807, 2.05) is 41.1 Å². The van der Waals surface area contributed by atoms with Crippen molar-refractivity contribution in [3.8, 4) is 11.5 Å². The highest BCUT2D eigenvalue weighted by Gasteiger charge is 2.34. The summed E-state index contributed by atoms with van der Waals surface area (Å²) < 4.78 is 5.66. The maximum absolute atomic E-state index is 13.0. The first-order chi connectivity index (χ1) is 14.8. The average molecular weight is 454 g/mol. The van der Waals surface area contributed by atoms with E-state index in [4.69, 9.17) is 4.42 Å². The van der Waals surface area contributed by atoms with Gasteiger partial charge in [0.2, 0.25) is 5.89 Å². The second-order valence-electron chi connectivity index (χ2n) is 6.40. The van der Waals surface area contributed by atoms with Crippen LogP contribution in [0.15, 0.2) is 74.3 Å². The summed E-state index contributed by atoms with van der Waals surface area (Å²) in [7, 11) is 0. The number of amides is 1. The van der Waals surface area contributed by atoms with Gasteiger partial charge < -0.3 is 4.42 Å². The molecule has 1 aliphatic rings. The molecule has 5 heterocycles. The van der Waals surface area contributed by atoms with Gasteiger partial charge in [-0.1, -0.05) is 23.9 Å². The molecule has 0 spiro atoms. The Morgan fingerprint density at radius 3 is 2.83 bits per heavy atom. The van der Waals surface area contributed by atoms with Crippen LogP contribution < -0.4 is 0 Å². The van der Waals surface area contributed by atoms with Crippen molar-refractivity contribution in [2.45, 2.75) is 17.7 Å². The Kier molecular flexibility index (Phi) is 5.43. The molecule has 4 aromatic heterocycles. The summed E-state index contributed by atoms with van der Waals surface area (Å²) in [5, 5.41) is 18.7. The van der Waals surface area contributed by atoms with Crippen molar-refractivity contribution in [2.75, 3.05) is 5.75 Å². The fraction of sp³-hybridized carbons (Fsp3) is 0.150. The third kappa shape index (κ3) is 3.93. The van der Waals surface area contributed by atoms with Crippen molar-refractivity contribution in [1.82, 2.24) is 20.2 Å². The zero-order valence-electron chi connectivity index (χ0n) is 15.5. The number of nitrogens with zero attached hydrogens (tertiary/aromatic N) is 5. The predicted octanol–water partition coefficient (Wildman–Crippen LogP) is 4.72. The minimum absolute atomic E-state index is 0.0798. The van der Waals surface area contributed by atoms with Crippen molar-refractivity contribution in [1.29, 1.82) is 0 Å². The Bertz CT molecular complexity index is 1160. The van der Waals surface area contributed by atoms with Gasteiger partial charge in [-0.25, -0.2) is 5.01 Å². The predicted molar refractivity (Wildman–Crippen MR) is 118 cm³/mol. The van der Waals surface area contributed by atoms with Crippen molar-refractivity contribution in [3.05, 3.63) is 69.3 Å². The Morgan fingerprint density at radius 1 is 1.17 bits per heavy atom. The molecule has 1 atom stereocenters. The topological polar surface area (TPSA) is 84.5 Å². The second kappa shape index (κ2) is 8.50. The summed E-state index contributed by atoms with van der Waals surface area (Å²) in [5.74, 6) is 0.456. The van der Waals surface area contributed by atoms with Gasteiger partial charge >= 0.3 is 0 Å². The van der Waals surface area contributed by atoms with Gasteiger partial charge in [-0.05, 0) is 35.0 Å². The van der Waals surface area contributed by atoms with E-state index in [0.717, 1.165) is 21.0 Å². The minimum atomic E-state index is -0.0916. The average Bonchev–Trinajstić information content (AvgIpc) is 3.57. The van der Waals surface area contributed by atoms with Crippen molar-refractivity contribution < 1.29 is 9.21 Å². The lowest BCUT2D eigenvalue weighted by Gasteiger charge is -2.20. The SMILES string of the molecule is O=C(CSc1nnc(-c2cccnc2)o1)N1N=C(c2cccs2)C[C@H]1c1cccs1. The molecule has 0 N–H and O–H groups in total. The van der Waals surface area contributed by atoms with Crippen LogP contribution in [0.25, 0.3) is 11.5 Å². The van der Waals surface area contributed by atoms with Crippen LogP contribution in [0, 0.1) is 0 Å². The number of hydrogen-bond acceptors (Lipinski definition) is 9. The molecule has 10 heteroatoms. The highest BCUT2D eigenvalue weighted by molar-refractivity contribution is 7.99. The molecule has 0 aliphatic carbocycles. The molecule has 0 unspecified atom stereocenters. The molecule has 4 aromatic rings. The van der Waals surface area contributed by atoms with E-state index in [2.05, 4.69) is 20.3 Å². The fourth-order valence-corrected chi connectivity index (χ4v) is 5.25. The number of aromatic nitrogens is 3. The van der Waals surface area contributed by atoms with Gasteiger partial charge in [0.1, 0.15) is 0 Å². The largest absolute Gasteiger partial charge is 0.411 e. The van der Waals surface area contributed by atoms with E-state index in [0.29, 0.717) is 17.5 Å². The standard InChI is InChI=1S/C20H15N5O2S3/c26-18(12-30-20-23-22-19(27-20)13-4-1-7-21-11-13)25-15(17-6-3-9-29-17)10-14(24-25)16-5-2-8-28-16/h1-9,11,15H,10,12H2/t15-/m0/s1. The summed E-state index contributed by atoms with van der Waals surface area (Å²) in [4.78, 5) is 19.3. The van der Waals surface area contributed by atoms with Crippen LogP contribution in [0.1, 0.15) is 22.2 Å². The van der Waals surface area contributed by atoms with Crippen molar-refractivity contribution in [3.63, 3.8) is 0 Å². The van der Waals surface area contributed by atoms with Gasteiger partial charge in [-0.3, -0.25) is 9.78 Å². The van der Waals surface area contributed by atoms with Gasteiger partial charge in [-0.15, -0.1) is 32.9 Å². The van der Waals surface area contributed by atoms with Crippen LogP contribution in [0.3, 0.4) is 0 Å². The molecule has 0 aromatic carbocycles. The highest BCUT2D eigenvalue weighted by atomic mass is 32.2. The van der Waals surface area contributed by atoms with Crippen molar-refractivity contribution in [2.24, 2.45) is 5.10 Å². The van der Waals surface area contributed by atoms with Gasteiger partial charge in [0.15, 0.2) is 0 Å². The maximum atomic E-state index is 13.0.